The highest BCUT2D eigenvalue weighted by molar-refractivity contribution is 7.92. The van der Waals surface area contributed by atoms with Gasteiger partial charge in [0.15, 0.2) is 0 Å². The maximum Gasteiger partial charge on any atom is 0.244 e. The average molecular weight is 496 g/mol. The number of nitrogens with one attached hydrogen (secondary N) is 1. The van der Waals surface area contributed by atoms with Crippen LogP contribution in [0.3, 0.4) is 0 Å². The predicted molar refractivity (Wildman–Crippen MR) is 130 cm³/mol. The van der Waals surface area contributed by atoms with E-state index < -0.39 is 28.5 Å². The molecule has 0 aliphatic rings. The molecular formula is C23H30ClN3O5S. The summed E-state index contributed by atoms with van der Waals surface area (Å²) in [5.74, 6) is -0.576. The molecule has 0 heterocycles. The van der Waals surface area contributed by atoms with E-state index in [1.54, 1.807) is 55.5 Å². The number of nitrogens with zero attached hydrogens (tertiary/aromatic N) is 2. The average Bonchev–Trinajstić information content (AvgIpc) is 2.79. The topological polar surface area (TPSA) is 96.0 Å². The van der Waals surface area contributed by atoms with Crippen molar-refractivity contribution in [3.8, 4) is 5.75 Å². The van der Waals surface area contributed by atoms with Crippen LogP contribution in [0.1, 0.15) is 25.8 Å². The Balaban J connectivity index is 2.42. The lowest BCUT2D eigenvalue weighted by atomic mass is 10.1. The zero-order chi connectivity index (χ0) is 24.6. The molecule has 0 bridgehead atoms. The van der Waals surface area contributed by atoms with Crippen molar-refractivity contribution >= 4 is 39.1 Å². The third-order valence-electron chi connectivity index (χ3n) is 5.05. The Labute approximate surface area is 200 Å². The minimum Gasteiger partial charge on any atom is -0.495 e. The third kappa shape index (κ3) is 7.10. The highest BCUT2D eigenvalue weighted by atomic mass is 35.5. The zero-order valence-electron chi connectivity index (χ0n) is 19.2. The quantitative estimate of drug-likeness (QED) is 0.517. The molecule has 2 aromatic carbocycles. The smallest absolute Gasteiger partial charge is 0.244 e. The molecule has 0 unspecified atom stereocenters. The van der Waals surface area contributed by atoms with Crippen molar-refractivity contribution in [2.45, 2.75) is 32.9 Å². The van der Waals surface area contributed by atoms with Gasteiger partial charge in [-0.25, -0.2) is 8.42 Å². The van der Waals surface area contributed by atoms with Crippen LogP contribution in [0.4, 0.5) is 5.69 Å². The Hall–Kier alpha value is -2.78. The minimum atomic E-state index is -3.84. The van der Waals surface area contributed by atoms with E-state index in [1.165, 1.54) is 12.0 Å². The van der Waals surface area contributed by atoms with Crippen LogP contribution in [-0.4, -0.2) is 57.6 Å². The normalized spacial score (nSPS) is 12.0. The fraction of sp³-hybridized carbons (Fsp3) is 0.391. The highest BCUT2D eigenvalue weighted by Gasteiger charge is 2.31. The Kier molecular flexibility index (Phi) is 9.55. The number of hydrogen-bond donors (Lipinski definition) is 1. The summed E-state index contributed by atoms with van der Waals surface area (Å²) in [4.78, 5) is 27.5. The Bertz CT molecular complexity index is 1080. The second-order valence-corrected chi connectivity index (χ2v) is 9.84. The highest BCUT2D eigenvalue weighted by Crippen LogP contribution is 2.29. The summed E-state index contributed by atoms with van der Waals surface area (Å²) in [6, 6.07) is 12.7. The monoisotopic (exact) mass is 495 g/mol. The fourth-order valence-corrected chi connectivity index (χ4v) is 4.27. The molecule has 0 saturated carbocycles. The molecule has 33 heavy (non-hydrogen) atoms. The first-order valence-corrected chi connectivity index (χ1v) is 12.7. The number of hydrogen-bond acceptors (Lipinski definition) is 5. The number of anilines is 1. The molecule has 1 N–H and O–H groups in total. The molecule has 2 amide bonds. The van der Waals surface area contributed by atoms with Gasteiger partial charge in [-0.2, -0.15) is 0 Å². The first kappa shape index (κ1) is 26.5. The number of carbonyl (C=O) groups is 2. The van der Waals surface area contributed by atoms with Gasteiger partial charge in [0.1, 0.15) is 18.3 Å². The van der Waals surface area contributed by atoms with Gasteiger partial charge in [-0.05, 0) is 37.1 Å². The predicted octanol–water partition coefficient (Wildman–Crippen LogP) is 3.06. The van der Waals surface area contributed by atoms with Crippen molar-refractivity contribution < 1.29 is 22.7 Å². The summed E-state index contributed by atoms with van der Waals surface area (Å²) in [6.07, 6.45) is 1.76. The number of ether oxygens (including phenoxy) is 1. The molecule has 0 fully saturated rings. The van der Waals surface area contributed by atoms with Gasteiger partial charge >= 0.3 is 0 Å². The van der Waals surface area contributed by atoms with E-state index in [-0.39, 0.29) is 18.1 Å². The molecule has 2 aromatic rings. The largest absolute Gasteiger partial charge is 0.495 e. The summed E-state index contributed by atoms with van der Waals surface area (Å²) in [5, 5.41) is 3.23. The van der Waals surface area contributed by atoms with E-state index in [9.17, 15) is 18.0 Å². The fourth-order valence-electron chi connectivity index (χ4n) is 3.22. The summed E-state index contributed by atoms with van der Waals surface area (Å²) < 4.78 is 31.5. The lowest BCUT2D eigenvalue weighted by molar-refractivity contribution is -0.139. The van der Waals surface area contributed by atoms with Crippen LogP contribution < -0.4 is 14.4 Å². The Morgan fingerprint density at radius 2 is 1.76 bits per heavy atom. The van der Waals surface area contributed by atoms with Gasteiger partial charge < -0.3 is 15.0 Å². The Morgan fingerprint density at radius 3 is 2.36 bits per heavy atom. The molecule has 180 valence electrons. The van der Waals surface area contributed by atoms with E-state index in [1.807, 2.05) is 6.92 Å². The van der Waals surface area contributed by atoms with Crippen molar-refractivity contribution in [3.63, 3.8) is 0 Å². The maximum absolute atomic E-state index is 13.5. The van der Waals surface area contributed by atoms with Crippen LogP contribution >= 0.6 is 11.6 Å². The molecule has 0 saturated heterocycles. The summed E-state index contributed by atoms with van der Waals surface area (Å²) >= 11 is 6.29. The number of sulfonamides is 1. The second-order valence-electron chi connectivity index (χ2n) is 7.52. The molecule has 0 aliphatic heterocycles. The molecule has 0 aromatic heterocycles. The van der Waals surface area contributed by atoms with Crippen LogP contribution in [0, 0.1) is 0 Å². The summed E-state index contributed by atoms with van der Waals surface area (Å²) in [7, 11) is -2.42. The van der Waals surface area contributed by atoms with E-state index in [0.29, 0.717) is 22.9 Å². The number of carbonyl (C=O) groups excluding carboxylic acids is 2. The number of rotatable bonds is 11. The van der Waals surface area contributed by atoms with Gasteiger partial charge in [-0.1, -0.05) is 48.9 Å². The van der Waals surface area contributed by atoms with Crippen molar-refractivity contribution in [1.29, 1.82) is 0 Å². The maximum atomic E-state index is 13.5. The molecule has 8 nitrogen and oxygen atoms in total. The van der Waals surface area contributed by atoms with Crippen molar-refractivity contribution in [2.24, 2.45) is 0 Å². The lowest BCUT2D eigenvalue weighted by Crippen LogP contribution is -2.51. The molecule has 1 atom stereocenters. The first-order valence-electron chi connectivity index (χ1n) is 10.5. The van der Waals surface area contributed by atoms with Crippen LogP contribution in [0.15, 0.2) is 48.5 Å². The van der Waals surface area contributed by atoms with Crippen molar-refractivity contribution in [1.82, 2.24) is 10.2 Å². The molecule has 0 aliphatic carbocycles. The number of para-hydroxylation sites is 2. The van der Waals surface area contributed by atoms with Crippen LogP contribution in [0.5, 0.6) is 5.75 Å². The molecule has 0 spiro atoms. The van der Waals surface area contributed by atoms with Crippen molar-refractivity contribution in [2.75, 3.05) is 30.8 Å². The number of methoxy groups -OCH3 is 1. The number of benzene rings is 2. The number of amides is 2. The van der Waals surface area contributed by atoms with Crippen molar-refractivity contribution in [3.05, 3.63) is 59.1 Å². The van der Waals surface area contributed by atoms with E-state index in [4.69, 9.17) is 16.3 Å². The lowest BCUT2D eigenvalue weighted by Gasteiger charge is -2.32. The summed E-state index contributed by atoms with van der Waals surface area (Å²) in [6.45, 7) is 3.54. The van der Waals surface area contributed by atoms with Gasteiger partial charge in [0.05, 0.1) is 19.1 Å². The molecule has 2 rings (SSSR count). The first-order chi connectivity index (χ1) is 15.6. The van der Waals surface area contributed by atoms with Crippen LogP contribution in [0.2, 0.25) is 5.02 Å². The third-order valence-corrected chi connectivity index (χ3v) is 6.54. The second kappa shape index (κ2) is 11.9. The summed E-state index contributed by atoms with van der Waals surface area (Å²) in [5.41, 5.74) is 0.877. The standard InChI is InChI=1S/C23H30ClN3O5S/c1-5-14-25-23(29)17(2)26(15-18-10-6-7-11-19(18)24)22(28)16-27(33(4,30)31)20-12-8-9-13-21(20)32-3/h6-13,17H,5,14-16H2,1-4H3,(H,25,29)/t17-/m0/s1. The van der Waals surface area contributed by atoms with Gasteiger partial charge in [0.25, 0.3) is 0 Å². The van der Waals surface area contributed by atoms with Crippen LogP contribution in [0.25, 0.3) is 0 Å². The van der Waals surface area contributed by atoms with E-state index >= 15 is 0 Å². The van der Waals surface area contributed by atoms with Gasteiger partial charge in [0, 0.05) is 18.1 Å². The molecular weight excluding hydrogens is 466 g/mol. The minimum absolute atomic E-state index is 0.0444. The molecule has 0 radical (unpaired) electrons. The van der Waals surface area contributed by atoms with Gasteiger partial charge in [-0.15, -0.1) is 0 Å². The Morgan fingerprint density at radius 1 is 1.12 bits per heavy atom. The van der Waals surface area contributed by atoms with Crippen LogP contribution in [-0.2, 0) is 26.2 Å². The van der Waals surface area contributed by atoms with E-state index in [0.717, 1.165) is 17.0 Å². The zero-order valence-corrected chi connectivity index (χ0v) is 20.8. The van der Waals surface area contributed by atoms with E-state index in [2.05, 4.69) is 5.32 Å². The van der Waals surface area contributed by atoms with Gasteiger partial charge in [-0.3, -0.25) is 13.9 Å². The number of halogens is 1. The van der Waals surface area contributed by atoms with Gasteiger partial charge in [0.2, 0.25) is 21.8 Å². The SMILES string of the molecule is CCCNC(=O)[C@H](C)N(Cc1ccccc1Cl)C(=O)CN(c1ccccc1OC)S(C)(=O)=O. The molecule has 10 heteroatoms.